The van der Waals surface area contributed by atoms with Crippen LogP contribution in [0.1, 0.15) is 67.7 Å². The lowest BCUT2D eigenvalue weighted by Crippen LogP contribution is -2.52. The van der Waals surface area contributed by atoms with Crippen molar-refractivity contribution in [3.63, 3.8) is 0 Å². The minimum Gasteiger partial charge on any atom is -0.481 e. The molecule has 3 nitrogen and oxygen atoms in total. The first-order valence-corrected chi connectivity index (χ1v) is 8.52. The molecule has 21 heavy (non-hydrogen) atoms. The van der Waals surface area contributed by atoms with Crippen LogP contribution in [0.4, 0.5) is 0 Å². The summed E-state index contributed by atoms with van der Waals surface area (Å²) < 4.78 is 0. The van der Waals surface area contributed by atoms with Crippen LogP contribution in [0.5, 0.6) is 0 Å². The first kappa shape index (κ1) is 18.5. The van der Waals surface area contributed by atoms with E-state index in [2.05, 4.69) is 53.4 Å². The van der Waals surface area contributed by atoms with Gasteiger partial charge in [0.2, 0.25) is 0 Å². The highest BCUT2D eigenvalue weighted by Gasteiger charge is 2.42. The van der Waals surface area contributed by atoms with Crippen molar-refractivity contribution in [2.24, 2.45) is 23.2 Å². The van der Waals surface area contributed by atoms with E-state index in [4.69, 9.17) is 0 Å². The number of carbonyl (C=O) groups is 1. The number of hydrogen-bond acceptors (Lipinski definition) is 2. The quantitative estimate of drug-likeness (QED) is 0.824. The summed E-state index contributed by atoms with van der Waals surface area (Å²) >= 11 is 0. The molecule has 3 atom stereocenters. The number of rotatable bonds is 5. The van der Waals surface area contributed by atoms with E-state index in [0.717, 1.165) is 25.8 Å². The minimum absolute atomic E-state index is 0.183. The summed E-state index contributed by atoms with van der Waals surface area (Å²) in [6.07, 6.45) is 2.89. The predicted octanol–water partition coefficient (Wildman–Crippen LogP) is 4.27. The minimum atomic E-state index is -0.609. The third-order valence-corrected chi connectivity index (χ3v) is 5.02. The van der Waals surface area contributed by atoms with Crippen LogP contribution in [-0.2, 0) is 4.79 Å². The van der Waals surface area contributed by atoms with Crippen molar-refractivity contribution < 1.29 is 9.90 Å². The average Bonchev–Trinajstić information content (AvgIpc) is 2.33. The number of hydrogen-bond donors (Lipinski definition) is 1. The standard InChI is InChI=1S/C18H35NO2/c1-12(2)11-19(13(3)4)16-10-14(18(5,6)7)8-9-15(16)17(20)21/h12-16H,8-11H2,1-7H3,(H,20,21). The van der Waals surface area contributed by atoms with E-state index in [-0.39, 0.29) is 17.4 Å². The Morgan fingerprint density at radius 3 is 2.14 bits per heavy atom. The van der Waals surface area contributed by atoms with Crippen molar-refractivity contribution in [3.05, 3.63) is 0 Å². The Kier molecular flexibility index (Phi) is 6.27. The fourth-order valence-corrected chi connectivity index (χ4v) is 3.74. The maximum absolute atomic E-state index is 11.7. The average molecular weight is 297 g/mol. The molecule has 1 saturated carbocycles. The molecule has 1 rings (SSSR count). The SMILES string of the molecule is CC(C)CN(C(C)C)C1CC(C(C)(C)C)CCC1C(=O)O. The maximum Gasteiger partial charge on any atom is 0.308 e. The van der Waals surface area contributed by atoms with Crippen LogP contribution in [0.25, 0.3) is 0 Å². The zero-order valence-electron chi connectivity index (χ0n) is 15.0. The Bertz CT molecular complexity index is 344. The van der Waals surface area contributed by atoms with Gasteiger partial charge in [0, 0.05) is 18.6 Å². The van der Waals surface area contributed by atoms with E-state index in [0.29, 0.717) is 17.9 Å². The van der Waals surface area contributed by atoms with Gasteiger partial charge in [-0.3, -0.25) is 9.69 Å². The molecule has 0 aromatic carbocycles. The lowest BCUT2D eigenvalue weighted by atomic mass is 9.67. The van der Waals surface area contributed by atoms with E-state index in [9.17, 15) is 9.90 Å². The predicted molar refractivity (Wildman–Crippen MR) is 88.4 cm³/mol. The molecule has 0 radical (unpaired) electrons. The Hall–Kier alpha value is -0.570. The molecule has 1 fully saturated rings. The molecule has 0 aromatic heterocycles. The zero-order chi connectivity index (χ0) is 16.4. The van der Waals surface area contributed by atoms with Crippen molar-refractivity contribution in [3.8, 4) is 0 Å². The van der Waals surface area contributed by atoms with Gasteiger partial charge in [-0.2, -0.15) is 0 Å². The van der Waals surface area contributed by atoms with E-state index >= 15 is 0 Å². The molecular weight excluding hydrogens is 262 g/mol. The first-order valence-electron chi connectivity index (χ1n) is 8.52. The van der Waals surface area contributed by atoms with Gasteiger partial charge >= 0.3 is 5.97 Å². The van der Waals surface area contributed by atoms with Crippen LogP contribution in [0.3, 0.4) is 0 Å². The lowest BCUT2D eigenvalue weighted by Gasteiger charge is -2.47. The summed E-state index contributed by atoms with van der Waals surface area (Å²) in [4.78, 5) is 14.2. The fraction of sp³-hybridized carbons (Fsp3) is 0.944. The fourth-order valence-electron chi connectivity index (χ4n) is 3.74. The van der Waals surface area contributed by atoms with Gasteiger partial charge in [-0.05, 0) is 50.4 Å². The summed E-state index contributed by atoms with van der Waals surface area (Å²) in [6, 6.07) is 0.584. The number of carboxylic acids is 1. The van der Waals surface area contributed by atoms with E-state index in [1.54, 1.807) is 0 Å². The summed E-state index contributed by atoms with van der Waals surface area (Å²) in [6.45, 7) is 16.7. The molecule has 3 heteroatoms. The maximum atomic E-state index is 11.7. The molecule has 1 aliphatic carbocycles. The van der Waals surface area contributed by atoms with E-state index in [1.165, 1.54) is 0 Å². The van der Waals surface area contributed by atoms with Gasteiger partial charge in [0.05, 0.1) is 5.92 Å². The van der Waals surface area contributed by atoms with Crippen LogP contribution < -0.4 is 0 Å². The smallest absolute Gasteiger partial charge is 0.308 e. The van der Waals surface area contributed by atoms with Gasteiger partial charge < -0.3 is 5.11 Å². The molecule has 1 aliphatic rings. The Morgan fingerprint density at radius 1 is 1.19 bits per heavy atom. The van der Waals surface area contributed by atoms with Crippen LogP contribution in [0.15, 0.2) is 0 Å². The first-order chi connectivity index (χ1) is 9.54. The van der Waals surface area contributed by atoms with Gasteiger partial charge in [0.15, 0.2) is 0 Å². The van der Waals surface area contributed by atoms with E-state index in [1.807, 2.05) is 0 Å². The van der Waals surface area contributed by atoms with Crippen molar-refractivity contribution in [2.75, 3.05) is 6.54 Å². The van der Waals surface area contributed by atoms with Gasteiger partial charge in [0.1, 0.15) is 0 Å². The van der Waals surface area contributed by atoms with Gasteiger partial charge in [-0.25, -0.2) is 0 Å². The summed E-state index contributed by atoms with van der Waals surface area (Å²) in [5, 5.41) is 9.64. The molecule has 3 unspecified atom stereocenters. The van der Waals surface area contributed by atoms with Crippen molar-refractivity contribution in [1.82, 2.24) is 4.90 Å². The molecule has 0 saturated heterocycles. The zero-order valence-corrected chi connectivity index (χ0v) is 15.0. The number of nitrogens with zero attached hydrogens (tertiary/aromatic N) is 1. The van der Waals surface area contributed by atoms with Gasteiger partial charge in [0.25, 0.3) is 0 Å². The summed E-state index contributed by atoms with van der Waals surface area (Å²) in [7, 11) is 0. The highest BCUT2D eigenvalue weighted by Crippen LogP contribution is 2.42. The largest absolute Gasteiger partial charge is 0.481 e. The molecule has 0 amide bonds. The molecule has 0 aliphatic heterocycles. The molecule has 1 N–H and O–H groups in total. The molecule has 0 bridgehead atoms. The van der Waals surface area contributed by atoms with Gasteiger partial charge in [-0.15, -0.1) is 0 Å². The van der Waals surface area contributed by atoms with Crippen molar-refractivity contribution in [2.45, 2.75) is 79.8 Å². The Labute approximate surface area is 131 Å². The summed E-state index contributed by atoms with van der Waals surface area (Å²) in [5.74, 6) is 0.370. The third-order valence-electron chi connectivity index (χ3n) is 5.02. The lowest BCUT2D eigenvalue weighted by molar-refractivity contribution is -0.147. The third kappa shape index (κ3) is 4.98. The second-order valence-corrected chi connectivity index (χ2v) is 8.57. The number of aliphatic carboxylic acids is 1. The van der Waals surface area contributed by atoms with Crippen LogP contribution in [0, 0.1) is 23.2 Å². The van der Waals surface area contributed by atoms with Crippen molar-refractivity contribution in [1.29, 1.82) is 0 Å². The van der Waals surface area contributed by atoms with Crippen LogP contribution in [0.2, 0.25) is 0 Å². The van der Waals surface area contributed by atoms with Crippen molar-refractivity contribution >= 4 is 5.97 Å². The second kappa shape index (κ2) is 7.13. The highest BCUT2D eigenvalue weighted by atomic mass is 16.4. The van der Waals surface area contributed by atoms with Crippen LogP contribution >= 0.6 is 0 Å². The Balaban J connectivity index is 2.99. The number of carboxylic acid groups (broad SMARTS) is 1. The topological polar surface area (TPSA) is 40.5 Å². The summed E-state index contributed by atoms with van der Waals surface area (Å²) in [5.41, 5.74) is 0.266. The van der Waals surface area contributed by atoms with Gasteiger partial charge in [-0.1, -0.05) is 34.6 Å². The molecule has 0 aromatic rings. The monoisotopic (exact) mass is 297 g/mol. The van der Waals surface area contributed by atoms with E-state index < -0.39 is 5.97 Å². The van der Waals surface area contributed by atoms with Crippen LogP contribution in [-0.4, -0.2) is 34.6 Å². The second-order valence-electron chi connectivity index (χ2n) is 8.57. The highest BCUT2D eigenvalue weighted by molar-refractivity contribution is 5.71. The molecular formula is C18H35NO2. The normalized spacial score (nSPS) is 27.6. The Morgan fingerprint density at radius 2 is 1.76 bits per heavy atom. The molecule has 124 valence electrons. The molecule has 0 heterocycles. The molecule has 0 spiro atoms.